The number of amides is 1. The van der Waals surface area contributed by atoms with E-state index in [0.29, 0.717) is 12.5 Å². The lowest BCUT2D eigenvalue weighted by molar-refractivity contribution is -0.385. The van der Waals surface area contributed by atoms with Gasteiger partial charge < -0.3 is 11.1 Å². The second-order valence-corrected chi connectivity index (χ2v) is 6.30. The molecule has 2 atom stereocenters. The summed E-state index contributed by atoms with van der Waals surface area (Å²) in [5.41, 5.74) is 4.04. The summed E-state index contributed by atoms with van der Waals surface area (Å²) in [7, 11) is -1.02. The van der Waals surface area contributed by atoms with Crippen LogP contribution in [0.4, 0.5) is 15.8 Å². The van der Waals surface area contributed by atoms with Gasteiger partial charge >= 0.3 is 0 Å². The first-order chi connectivity index (χ1) is 9.73. The molecule has 0 fully saturated rings. The average molecular weight is 317 g/mol. The minimum absolute atomic E-state index is 0.112. The SMILES string of the molecule is CC(CCNC(=O)c1cc(N)c(F)cc1[N+](=O)[O-])S(C)=O. The zero-order valence-electron chi connectivity index (χ0n) is 11.6. The van der Waals surface area contributed by atoms with Crippen molar-refractivity contribution in [1.82, 2.24) is 5.32 Å². The van der Waals surface area contributed by atoms with Crippen LogP contribution in [0.5, 0.6) is 0 Å². The van der Waals surface area contributed by atoms with Gasteiger partial charge in [0.05, 0.1) is 16.7 Å². The zero-order chi connectivity index (χ0) is 16.2. The predicted molar refractivity (Wildman–Crippen MR) is 77.9 cm³/mol. The van der Waals surface area contributed by atoms with E-state index in [1.807, 2.05) is 0 Å². The number of carbonyl (C=O) groups excluding carboxylic acids is 1. The van der Waals surface area contributed by atoms with E-state index in [4.69, 9.17) is 5.73 Å². The van der Waals surface area contributed by atoms with Gasteiger partial charge in [-0.05, 0) is 12.5 Å². The van der Waals surface area contributed by atoms with Gasteiger partial charge in [0.1, 0.15) is 5.56 Å². The van der Waals surface area contributed by atoms with Crippen molar-refractivity contribution in [2.24, 2.45) is 0 Å². The lowest BCUT2D eigenvalue weighted by atomic mass is 10.1. The summed E-state index contributed by atoms with van der Waals surface area (Å²) in [5, 5.41) is 13.2. The number of halogens is 1. The van der Waals surface area contributed by atoms with Crippen molar-refractivity contribution in [3.8, 4) is 0 Å². The monoisotopic (exact) mass is 317 g/mol. The molecule has 1 aromatic carbocycles. The maximum atomic E-state index is 13.2. The number of benzene rings is 1. The third kappa shape index (κ3) is 4.48. The standard InChI is InChI=1S/C12H16FN3O4S/c1-7(21(2)20)3-4-15-12(17)8-5-10(14)9(13)6-11(8)16(18)19/h5-7H,3-4,14H2,1-2H3,(H,15,17). The van der Waals surface area contributed by atoms with Crippen molar-refractivity contribution in [2.45, 2.75) is 18.6 Å². The average Bonchev–Trinajstić information content (AvgIpc) is 2.40. The molecule has 0 aliphatic heterocycles. The largest absolute Gasteiger partial charge is 0.396 e. The molecule has 0 bridgehead atoms. The van der Waals surface area contributed by atoms with Crippen LogP contribution in [0.2, 0.25) is 0 Å². The molecular formula is C12H16FN3O4S. The van der Waals surface area contributed by atoms with E-state index in [0.717, 1.165) is 6.07 Å². The Bertz CT molecular complexity index is 594. The molecule has 1 rings (SSSR count). The van der Waals surface area contributed by atoms with Gasteiger partial charge in [0.25, 0.3) is 11.6 Å². The number of rotatable bonds is 6. The topological polar surface area (TPSA) is 115 Å². The number of nitrogen functional groups attached to an aromatic ring is 1. The van der Waals surface area contributed by atoms with Crippen molar-refractivity contribution in [3.63, 3.8) is 0 Å². The van der Waals surface area contributed by atoms with Crippen molar-refractivity contribution in [2.75, 3.05) is 18.5 Å². The van der Waals surface area contributed by atoms with Crippen LogP contribution in [0.1, 0.15) is 23.7 Å². The quantitative estimate of drug-likeness (QED) is 0.465. The van der Waals surface area contributed by atoms with Crippen LogP contribution in [0.15, 0.2) is 12.1 Å². The first kappa shape index (κ1) is 17.0. The second kappa shape index (κ2) is 7.11. The fourth-order valence-electron chi connectivity index (χ4n) is 1.56. The Morgan fingerprint density at radius 1 is 1.57 bits per heavy atom. The first-order valence-electron chi connectivity index (χ1n) is 6.08. The Balaban J connectivity index is 2.85. The Labute approximate surface area is 123 Å². The van der Waals surface area contributed by atoms with Crippen LogP contribution >= 0.6 is 0 Å². The summed E-state index contributed by atoms with van der Waals surface area (Å²) in [5.74, 6) is -1.67. The van der Waals surface area contributed by atoms with Crippen molar-refractivity contribution >= 4 is 28.1 Å². The van der Waals surface area contributed by atoms with Crippen LogP contribution in [-0.4, -0.2) is 33.1 Å². The first-order valence-corrected chi connectivity index (χ1v) is 7.70. The fraction of sp³-hybridized carbons (Fsp3) is 0.417. The number of nitrogens with one attached hydrogen (secondary N) is 1. The second-order valence-electron chi connectivity index (χ2n) is 4.50. The Hall–Kier alpha value is -2.03. The highest BCUT2D eigenvalue weighted by Crippen LogP contribution is 2.24. The van der Waals surface area contributed by atoms with Crippen LogP contribution in [0.25, 0.3) is 0 Å². The zero-order valence-corrected chi connectivity index (χ0v) is 12.4. The number of carbonyl (C=O) groups is 1. The molecule has 0 spiro atoms. The van der Waals surface area contributed by atoms with E-state index < -0.39 is 33.1 Å². The van der Waals surface area contributed by atoms with E-state index in [-0.39, 0.29) is 23.0 Å². The minimum Gasteiger partial charge on any atom is -0.396 e. The van der Waals surface area contributed by atoms with Crippen molar-refractivity contribution < 1.29 is 18.3 Å². The molecule has 1 amide bonds. The minimum atomic E-state index is -1.02. The number of nitrogens with two attached hydrogens (primary N) is 1. The highest BCUT2D eigenvalue weighted by atomic mass is 32.2. The van der Waals surface area contributed by atoms with Gasteiger partial charge in [0.2, 0.25) is 0 Å². The number of hydrogen-bond acceptors (Lipinski definition) is 5. The summed E-state index contributed by atoms with van der Waals surface area (Å²) in [6.07, 6.45) is 2.01. The third-order valence-electron chi connectivity index (χ3n) is 2.96. The summed E-state index contributed by atoms with van der Waals surface area (Å²) >= 11 is 0. The molecular weight excluding hydrogens is 301 g/mol. The van der Waals surface area contributed by atoms with E-state index in [2.05, 4.69) is 5.32 Å². The van der Waals surface area contributed by atoms with Crippen molar-refractivity contribution in [1.29, 1.82) is 0 Å². The molecule has 9 heteroatoms. The molecule has 21 heavy (non-hydrogen) atoms. The van der Waals surface area contributed by atoms with E-state index in [1.54, 1.807) is 13.2 Å². The summed E-state index contributed by atoms with van der Waals surface area (Å²) < 4.78 is 24.4. The van der Waals surface area contributed by atoms with Gasteiger partial charge in [0.15, 0.2) is 5.82 Å². The molecule has 116 valence electrons. The number of anilines is 1. The normalized spacial score (nSPS) is 13.5. The third-order valence-corrected chi connectivity index (χ3v) is 4.33. The summed E-state index contributed by atoms with van der Waals surface area (Å²) in [6.45, 7) is 1.97. The van der Waals surface area contributed by atoms with Gasteiger partial charge in [-0.2, -0.15) is 0 Å². The molecule has 0 heterocycles. The van der Waals surface area contributed by atoms with E-state index in [1.165, 1.54) is 0 Å². The molecule has 0 aromatic heterocycles. The van der Waals surface area contributed by atoms with Crippen LogP contribution in [0, 0.1) is 15.9 Å². The Kier molecular flexibility index (Phi) is 5.77. The van der Waals surface area contributed by atoms with Gasteiger partial charge in [0, 0.05) is 28.9 Å². The van der Waals surface area contributed by atoms with Gasteiger partial charge in [-0.1, -0.05) is 6.92 Å². The summed E-state index contributed by atoms with van der Waals surface area (Å²) in [4.78, 5) is 21.9. The van der Waals surface area contributed by atoms with E-state index >= 15 is 0 Å². The van der Waals surface area contributed by atoms with E-state index in [9.17, 15) is 23.5 Å². The molecule has 0 saturated heterocycles. The molecule has 2 unspecified atom stereocenters. The molecule has 0 saturated carbocycles. The van der Waals surface area contributed by atoms with Crippen LogP contribution in [0.3, 0.4) is 0 Å². The predicted octanol–water partition coefficient (Wildman–Crippen LogP) is 1.20. The number of nitro benzene ring substituents is 1. The number of nitro groups is 1. The lowest BCUT2D eigenvalue weighted by Gasteiger charge is -2.10. The molecule has 0 radical (unpaired) electrons. The highest BCUT2D eigenvalue weighted by Gasteiger charge is 2.22. The molecule has 0 aliphatic rings. The smallest absolute Gasteiger partial charge is 0.285 e. The molecule has 7 nitrogen and oxygen atoms in total. The lowest BCUT2D eigenvalue weighted by Crippen LogP contribution is -2.28. The highest BCUT2D eigenvalue weighted by molar-refractivity contribution is 7.84. The summed E-state index contributed by atoms with van der Waals surface area (Å²) in [6, 6.07) is 1.55. The molecule has 3 N–H and O–H groups in total. The van der Waals surface area contributed by atoms with Crippen molar-refractivity contribution in [3.05, 3.63) is 33.6 Å². The van der Waals surface area contributed by atoms with Gasteiger partial charge in [-0.3, -0.25) is 19.1 Å². The Morgan fingerprint density at radius 3 is 2.71 bits per heavy atom. The molecule has 0 aliphatic carbocycles. The fourth-order valence-corrected chi connectivity index (χ4v) is 2.01. The Morgan fingerprint density at radius 2 is 2.19 bits per heavy atom. The van der Waals surface area contributed by atoms with Gasteiger partial charge in [-0.15, -0.1) is 0 Å². The number of nitrogens with zero attached hydrogens (tertiary/aromatic N) is 1. The maximum Gasteiger partial charge on any atom is 0.285 e. The van der Waals surface area contributed by atoms with Crippen LogP contribution < -0.4 is 11.1 Å². The maximum absolute atomic E-state index is 13.2. The van der Waals surface area contributed by atoms with Gasteiger partial charge in [-0.25, -0.2) is 4.39 Å². The van der Waals surface area contributed by atoms with Crippen LogP contribution in [-0.2, 0) is 10.8 Å². The number of hydrogen-bond donors (Lipinski definition) is 2. The molecule has 1 aromatic rings.